The second-order valence-corrected chi connectivity index (χ2v) is 9.49. The molecule has 2 aromatic carbocycles. The maximum Gasteiger partial charge on any atom is 0.170 e. The van der Waals surface area contributed by atoms with Crippen LogP contribution in [-0.4, -0.2) is 26.7 Å². The summed E-state index contributed by atoms with van der Waals surface area (Å²) in [5.41, 5.74) is 8.24. The summed E-state index contributed by atoms with van der Waals surface area (Å²) in [7, 11) is 1.69. The van der Waals surface area contributed by atoms with Crippen molar-refractivity contribution < 1.29 is 4.74 Å². The second kappa shape index (κ2) is 9.55. The van der Waals surface area contributed by atoms with Gasteiger partial charge in [0.15, 0.2) is 5.11 Å². The average Bonchev–Trinajstić information content (AvgIpc) is 3.35. The Bertz CT molecular complexity index is 1330. The van der Waals surface area contributed by atoms with E-state index in [9.17, 15) is 0 Å². The normalized spacial score (nSPS) is 17.5. The molecule has 1 aliphatic heterocycles. The predicted octanol–water partition coefficient (Wildman–Crippen LogP) is 5.98. The van der Waals surface area contributed by atoms with Gasteiger partial charge in [-0.05, 0) is 86.6 Å². The fourth-order valence-corrected chi connectivity index (χ4v) is 5.33. The minimum atomic E-state index is -0.0473. The molecule has 0 spiro atoms. The van der Waals surface area contributed by atoms with E-state index in [1.807, 2.05) is 30.5 Å². The summed E-state index contributed by atoms with van der Waals surface area (Å²) in [6, 6.07) is 25.2. The zero-order valence-electron chi connectivity index (χ0n) is 20.5. The van der Waals surface area contributed by atoms with Gasteiger partial charge in [-0.3, -0.25) is 4.98 Å². The number of aryl methyl sites for hydroxylation is 2. The molecule has 1 N–H and O–H groups in total. The van der Waals surface area contributed by atoms with Crippen LogP contribution in [0.3, 0.4) is 0 Å². The van der Waals surface area contributed by atoms with Crippen LogP contribution in [0.2, 0.25) is 0 Å². The summed E-state index contributed by atoms with van der Waals surface area (Å²) in [6.45, 7) is 7.17. The van der Waals surface area contributed by atoms with Gasteiger partial charge in [-0.25, -0.2) is 0 Å². The number of thiocarbonyl (C=S) groups is 1. The fourth-order valence-electron chi connectivity index (χ4n) is 5.02. The van der Waals surface area contributed by atoms with Crippen LogP contribution >= 0.6 is 12.2 Å². The number of methoxy groups -OCH3 is 1. The summed E-state index contributed by atoms with van der Waals surface area (Å²) >= 11 is 5.89. The summed E-state index contributed by atoms with van der Waals surface area (Å²) in [5, 5.41) is 4.31. The molecule has 0 saturated carbocycles. The third-order valence-electron chi connectivity index (χ3n) is 6.79. The molecule has 0 radical (unpaired) electrons. The summed E-state index contributed by atoms with van der Waals surface area (Å²) in [4.78, 5) is 6.98. The molecule has 1 aliphatic rings. The molecular weight excluding hydrogens is 452 g/mol. The lowest BCUT2D eigenvalue weighted by Crippen LogP contribution is -2.29. The van der Waals surface area contributed by atoms with Gasteiger partial charge in [0.2, 0.25) is 0 Å². The topological polar surface area (TPSA) is 42.3 Å². The first-order valence-electron chi connectivity index (χ1n) is 11.8. The van der Waals surface area contributed by atoms with Crippen molar-refractivity contribution in [2.45, 2.75) is 39.4 Å². The molecule has 0 bridgehead atoms. The van der Waals surface area contributed by atoms with Crippen molar-refractivity contribution in [1.82, 2.24) is 19.8 Å². The maximum absolute atomic E-state index is 5.89. The molecule has 5 nitrogen and oxygen atoms in total. The number of ether oxygens (including phenoxy) is 1. The molecule has 1 fully saturated rings. The number of benzene rings is 2. The highest BCUT2D eigenvalue weighted by Crippen LogP contribution is 2.42. The van der Waals surface area contributed by atoms with E-state index in [0.717, 1.165) is 16.6 Å². The lowest BCUT2D eigenvalue weighted by Gasteiger charge is -2.28. The fraction of sp³-hybridized carbons (Fsp3) is 0.241. The molecule has 4 aromatic rings. The minimum Gasteiger partial charge on any atom is -0.497 e. The molecule has 35 heavy (non-hydrogen) atoms. The molecule has 3 heterocycles. The molecule has 5 rings (SSSR count). The molecule has 178 valence electrons. The summed E-state index contributed by atoms with van der Waals surface area (Å²) in [5.74, 6) is 0.848. The van der Waals surface area contributed by atoms with Gasteiger partial charge in [0.1, 0.15) is 5.75 Å². The highest BCUT2D eigenvalue weighted by molar-refractivity contribution is 7.80. The van der Waals surface area contributed by atoms with Crippen molar-refractivity contribution in [2.75, 3.05) is 7.11 Å². The standard InChI is InChI=1S/C29H30N4OS/c1-19-8-12-23(13-9-19)33-20(2)17-25(21(33)3)28-27(26-7-5-6-16-30-26)31-29(35)32(28)18-22-10-14-24(34-4)15-11-22/h5-17,27-28H,18H2,1-4H3,(H,31,35)/t27-,28-/m0/s1. The first-order valence-corrected chi connectivity index (χ1v) is 12.2. The summed E-state index contributed by atoms with van der Waals surface area (Å²) < 4.78 is 7.67. The third kappa shape index (κ3) is 4.42. The molecule has 2 aromatic heterocycles. The zero-order valence-corrected chi connectivity index (χ0v) is 21.3. The van der Waals surface area contributed by atoms with E-state index in [4.69, 9.17) is 17.0 Å². The largest absolute Gasteiger partial charge is 0.497 e. The Kier molecular flexibility index (Phi) is 6.31. The van der Waals surface area contributed by atoms with Gasteiger partial charge in [-0.2, -0.15) is 0 Å². The molecule has 0 aliphatic carbocycles. The Morgan fingerprint density at radius 3 is 2.37 bits per heavy atom. The Morgan fingerprint density at radius 2 is 1.71 bits per heavy atom. The van der Waals surface area contributed by atoms with E-state index >= 15 is 0 Å². The van der Waals surface area contributed by atoms with E-state index < -0.39 is 0 Å². The van der Waals surface area contributed by atoms with E-state index in [1.165, 1.54) is 33.8 Å². The van der Waals surface area contributed by atoms with Gasteiger partial charge in [0.25, 0.3) is 0 Å². The van der Waals surface area contributed by atoms with Crippen molar-refractivity contribution in [3.05, 3.63) is 113 Å². The van der Waals surface area contributed by atoms with Crippen LogP contribution in [0.25, 0.3) is 5.69 Å². The number of nitrogens with zero attached hydrogens (tertiary/aromatic N) is 3. The maximum atomic E-state index is 5.89. The first-order chi connectivity index (χ1) is 17.0. The third-order valence-corrected chi connectivity index (χ3v) is 7.14. The van der Waals surface area contributed by atoms with E-state index in [0.29, 0.717) is 6.54 Å². The van der Waals surface area contributed by atoms with Crippen molar-refractivity contribution in [2.24, 2.45) is 0 Å². The lowest BCUT2D eigenvalue weighted by molar-refractivity contribution is 0.310. The number of aromatic nitrogens is 2. The summed E-state index contributed by atoms with van der Waals surface area (Å²) in [6.07, 6.45) is 1.85. The number of nitrogens with one attached hydrogen (secondary N) is 1. The SMILES string of the molecule is COc1ccc(CN2C(=S)N[C@@H](c3ccccn3)[C@@H]2c2cc(C)n(-c3ccc(C)cc3)c2C)cc1. The van der Waals surface area contributed by atoms with Crippen molar-refractivity contribution >= 4 is 17.3 Å². The predicted molar refractivity (Wildman–Crippen MR) is 144 cm³/mol. The van der Waals surface area contributed by atoms with Crippen LogP contribution in [0.5, 0.6) is 5.75 Å². The van der Waals surface area contributed by atoms with Crippen molar-refractivity contribution in [3.8, 4) is 11.4 Å². The highest BCUT2D eigenvalue weighted by Gasteiger charge is 2.41. The molecular formula is C29H30N4OS. The molecule has 6 heteroatoms. The van der Waals surface area contributed by atoms with Crippen LogP contribution < -0.4 is 10.1 Å². The van der Waals surface area contributed by atoms with E-state index in [1.54, 1.807) is 7.11 Å². The Balaban J connectivity index is 1.59. The Morgan fingerprint density at radius 1 is 0.971 bits per heavy atom. The number of pyridine rings is 1. The van der Waals surface area contributed by atoms with Gasteiger partial charge < -0.3 is 19.5 Å². The number of hydrogen-bond donors (Lipinski definition) is 1. The van der Waals surface area contributed by atoms with Crippen LogP contribution in [0.4, 0.5) is 0 Å². The molecule has 0 amide bonds. The monoisotopic (exact) mass is 482 g/mol. The number of rotatable bonds is 6. The van der Waals surface area contributed by atoms with Gasteiger partial charge in [-0.15, -0.1) is 0 Å². The van der Waals surface area contributed by atoms with Gasteiger partial charge in [0.05, 0.1) is 24.9 Å². The molecule has 1 saturated heterocycles. The van der Waals surface area contributed by atoms with E-state index in [-0.39, 0.29) is 12.1 Å². The second-order valence-electron chi connectivity index (χ2n) is 9.10. The van der Waals surface area contributed by atoms with Crippen LogP contribution in [0.1, 0.15) is 45.9 Å². The van der Waals surface area contributed by atoms with E-state index in [2.05, 4.69) is 89.1 Å². The smallest absolute Gasteiger partial charge is 0.170 e. The first kappa shape index (κ1) is 23.1. The van der Waals surface area contributed by atoms with Crippen LogP contribution in [-0.2, 0) is 6.54 Å². The highest BCUT2D eigenvalue weighted by atomic mass is 32.1. The Hall–Kier alpha value is -3.64. The number of hydrogen-bond acceptors (Lipinski definition) is 3. The van der Waals surface area contributed by atoms with Gasteiger partial charge >= 0.3 is 0 Å². The lowest BCUT2D eigenvalue weighted by atomic mass is 9.96. The molecule has 0 unspecified atom stereocenters. The van der Waals surface area contributed by atoms with Crippen LogP contribution in [0.15, 0.2) is 79.0 Å². The quantitative estimate of drug-likeness (QED) is 0.343. The van der Waals surface area contributed by atoms with Crippen LogP contribution in [0, 0.1) is 20.8 Å². The zero-order chi connectivity index (χ0) is 24.5. The molecule has 2 atom stereocenters. The Labute approximate surface area is 212 Å². The van der Waals surface area contributed by atoms with Crippen molar-refractivity contribution in [3.63, 3.8) is 0 Å². The minimum absolute atomic E-state index is 0.00454. The van der Waals surface area contributed by atoms with Crippen molar-refractivity contribution in [1.29, 1.82) is 0 Å². The van der Waals surface area contributed by atoms with Gasteiger partial charge in [0, 0.05) is 29.8 Å². The van der Waals surface area contributed by atoms with Gasteiger partial charge in [-0.1, -0.05) is 35.9 Å². The average molecular weight is 483 g/mol.